The number of carbonyl (C=O) groups excluding carboxylic acids is 1. The molecule has 3 aromatic rings. The van der Waals surface area contributed by atoms with Crippen LogP contribution >= 0.6 is 0 Å². The Balaban J connectivity index is 1.57. The van der Waals surface area contributed by atoms with Gasteiger partial charge in [0.2, 0.25) is 11.5 Å². The summed E-state index contributed by atoms with van der Waals surface area (Å²) in [5.41, 5.74) is 3.18. The van der Waals surface area contributed by atoms with E-state index in [-0.39, 0.29) is 11.5 Å². The highest BCUT2D eigenvalue weighted by Gasteiger charge is 2.15. The number of imidazole rings is 1. The van der Waals surface area contributed by atoms with Crippen LogP contribution in [0.1, 0.15) is 15.9 Å². The molecule has 8 nitrogen and oxygen atoms in total. The zero-order valence-electron chi connectivity index (χ0n) is 14.3. The van der Waals surface area contributed by atoms with Crippen molar-refractivity contribution in [3.8, 4) is 0 Å². The van der Waals surface area contributed by atoms with Crippen LogP contribution in [0.25, 0.3) is 11.0 Å². The fourth-order valence-electron chi connectivity index (χ4n) is 3.02. The number of hydrogen-bond donors (Lipinski definition) is 3. The van der Waals surface area contributed by atoms with E-state index in [1.165, 1.54) is 12.3 Å². The average molecular weight is 353 g/mol. The molecule has 0 aliphatic carbocycles. The minimum atomic E-state index is -0.272. The van der Waals surface area contributed by atoms with Crippen molar-refractivity contribution in [1.82, 2.24) is 15.0 Å². The summed E-state index contributed by atoms with van der Waals surface area (Å²) in [5, 5.41) is 2.86. The van der Waals surface area contributed by atoms with Crippen molar-refractivity contribution >= 4 is 28.6 Å². The molecule has 4 rings (SSSR count). The SMILES string of the molecule is Cc1cc(=O)[nH]cc1C(=O)Nc1ccc2nc(N3CCOCC3)[nH]c2c1. The maximum absolute atomic E-state index is 12.5. The number of morpholine rings is 1. The topological polar surface area (TPSA) is 103 Å². The lowest BCUT2D eigenvalue weighted by Gasteiger charge is -2.26. The number of benzene rings is 1. The summed E-state index contributed by atoms with van der Waals surface area (Å²) in [4.78, 5) is 36.3. The summed E-state index contributed by atoms with van der Waals surface area (Å²) in [7, 11) is 0. The maximum Gasteiger partial charge on any atom is 0.257 e. The molecule has 0 spiro atoms. The van der Waals surface area contributed by atoms with Gasteiger partial charge in [-0.15, -0.1) is 0 Å². The molecule has 0 saturated carbocycles. The lowest BCUT2D eigenvalue weighted by molar-refractivity contribution is 0.102. The number of anilines is 2. The molecule has 134 valence electrons. The van der Waals surface area contributed by atoms with Gasteiger partial charge >= 0.3 is 0 Å². The molecule has 0 atom stereocenters. The predicted octanol–water partition coefficient (Wildman–Crippen LogP) is 1.65. The molecule has 3 heterocycles. The van der Waals surface area contributed by atoms with Gasteiger partial charge in [0.05, 0.1) is 29.8 Å². The van der Waals surface area contributed by atoms with E-state index in [0.717, 1.165) is 30.1 Å². The number of aryl methyl sites for hydroxylation is 1. The Hall–Kier alpha value is -3.13. The van der Waals surface area contributed by atoms with E-state index in [2.05, 4.69) is 25.2 Å². The van der Waals surface area contributed by atoms with Crippen LogP contribution < -0.4 is 15.8 Å². The minimum absolute atomic E-state index is 0.228. The molecule has 1 aliphatic rings. The van der Waals surface area contributed by atoms with E-state index < -0.39 is 0 Å². The summed E-state index contributed by atoms with van der Waals surface area (Å²) in [6.45, 7) is 4.72. The number of amides is 1. The van der Waals surface area contributed by atoms with Gasteiger partial charge in [-0.2, -0.15) is 0 Å². The highest BCUT2D eigenvalue weighted by atomic mass is 16.5. The standard InChI is InChI=1S/C18H19N5O3/c1-11-8-16(24)19-10-13(11)17(25)20-12-2-3-14-15(9-12)22-18(21-14)23-4-6-26-7-5-23/h2-3,8-10H,4-7H2,1H3,(H,19,24)(H,20,25)(H,21,22). The van der Waals surface area contributed by atoms with Gasteiger partial charge in [0.1, 0.15) is 0 Å². The van der Waals surface area contributed by atoms with E-state index in [4.69, 9.17) is 4.74 Å². The number of aromatic amines is 2. The Morgan fingerprint density at radius 3 is 2.85 bits per heavy atom. The molecule has 26 heavy (non-hydrogen) atoms. The highest BCUT2D eigenvalue weighted by molar-refractivity contribution is 6.05. The van der Waals surface area contributed by atoms with Gasteiger partial charge in [0.25, 0.3) is 5.91 Å². The first-order valence-corrected chi connectivity index (χ1v) is 8.43. The number of aromatic nitrogens is 3. The second-order valence-corrected chi connectivity index (χ2v) is 6.24. The molecule has 1 saturated heterocycles. The van der Waals surface area contributed by atoms with Gasteiger partial charge in [0.15, 0.2) is 0 Å². The summed E-state index contributed by atoms with van der Waals surface area (Å²) >= 11 is 0. The number of nitrogens with one attached hydrogen (secondary N) is 3. The molecule has 0 bridgehead atoms. The lowest BCUT2D eigenvalue weighted by atomic mass is 10.1. The van der Waals surface area contributed by atoms with Crippen molar-refractivity contribution in [2.24, 2.45) is 0 Å². The van der Waals surface area contributed by atoms with Gasteiger partial charge in [-0.05, 0) is 30.7 Å². The van der Waals surface area contributed by atoms with Crippen molar-refractivity contribution in [2.45, 2.75) is 6.92 Å². The molecular weight excluding hydrogens is 334 g/mol. The third kappa shape index (κ3) is 3.18. The van der Waals surface area contributed by atoms with Gasteiger partial charge in [0, 0.05) is 31.0 Å². The van der Waals surface area contributed by atoms with Crippen LogP contribution in [-0.2, 0) is 4.74 Å². The number of rotatable bonds is 3. The summed E-state index contributed by atoms with van der Waals surface area (Å²) < 4.78 is 5.36. The molecule has 3 N–H and O–H groups in total. The Bertz CT molecular complexity index is 1020. The first kappa shape index (κ1) is 16.3. The van der Waals surface area contributed by atoms with Crippen molar-refractivity contribution in [3.63, 3.8) is 0 Å². The maximum atomic E-state index is 12.5. The van der Waals surface area contributed by atoms with Crippen LogP contribution in [-0.4, -0.2) is 47.2 Å². The molecule has 1 amide bonds. The molecule has 0 radical (unpaired) electrons. The third-order valence-electron chi connectivity index (χ3n) is 4.41. The summed E-state index contributed by atoms with van der Waals surface area (Å²) in [6, 6.07) is 6.93. The van der Waals surface area contributed by atoms with Gasteiger partial charge < -0.3 is 24.9 Å². The lowest BCUT2D eigenvalue weighted by Crippen LogP contribution is -2.36. The molecular formula is C18H19N5O3. The van der Waals surface area contributed by atoms with Crippen molar-refractivity contribution < 1.29 is 9.53 Å². The van der Waals surface area contributed by atoms with Gasteiger partial charge in [-0.1, -0.05) is 0 Å². The minimum Gasteiger partial charge on any atom is -0.378 e. The van der Waals surface area contributed by atoms with Crippen LogP contribution in [0.15, 0.2) is 35.3 Å². The van der Waals surface area contributed by atoms with Gasteiger partial charge in [-0.3, -0.25) is 9.59 Å². The molecule has 2 aromatic heterocycles. The molecule has 1 aromatic carbocycles. The second-order valence-electron chi connectivity index (χ2n) is 6.24. The number of hydrogen-bond acceptors (Lipinski definition) is 5. The van der Waals surface area contributed by atoms with Crippen LogP contribution in [0.4, 0.5) is 11.6 Å². The Morgan fingerprint density at radius 1 is 1.27 bits per heavy atom. The van der Waals surface area contributed by atoms with Crippen molar-refractivity contribution in [3.05, 3.63) is 51.9 Å². The largest absolute Gasteiger partial charge is 0.378 e. The Kier molecular flexibility index (Phi) is 4.18. The van der Waals surface area contributed by atoms with Gasteiger partial charge in [-0.25, -0.2) is 4.98 Å². The van der Waals surface area contributed by atoms with E-state index >= 15 is 0 Å². The van der Waals surface area contributed by atoms with Crippen LogP contribution in [0.3, 0.4) is 0 Å². The third-order valence-corrected chi connectivity index (χ3v) is 4.41. The quantitative estimate of drug-likeness (QED) is 0.664. The Morgan fingerprint density at radius 2 is 2.08 bits per heavy atom. The van der Waals surface area contributed by atoms with E-state index in [1.807, 2.05) is 18.2 Å². The van der Waals surface area contributed by atoms with Crippen LogP contribution in [0.5, 0.6) is 0 Å². The smallest absolute Gasteiger partial charge is 0.257 e. The number of ether oxygens (including phenoxy) is 1. The first-order chi connectivity index (χ1) is 12.6. The van der Waals surface area contributed by atoms with Crippen LogP contribution in [0.2, 0.25) is 0 Å². The van der Waals surface area contributed by atoms with E-state index in [1.54, 1.807) is 6.92 Å². The molecule has 0 unspecified atom stereocenters. The zero-order valence-corrected chi connectivity index (χ0v) is 14.3. The monoisotopic (exact) mass is 353 g/mol. The number of pyridine rings is 1. The average Bonchev–Trinajstić information content (AvgIpc) is 3.05. The van der Waals surface area contributed by atoms with E-state index in [9.17, 15) is 9.59 Å². The number of carbonyl (C=O) groups is 1. The van der Waals surface area contributed by atoms with Crippen LogP contribution in [0, 0.1) is 6.92 Å². The molecule has 1 aliphatic heterocycles. The van der Waals surface area contributed by atoms with Crippen molar-refractivity contribution in [2.75, 3.05) is 36.5 Å². The Labute approximate surface area is 149 Å². The highest BCUT2D eigenvalue weighted by Crippen LogP contribution is 2.22. The summed E-state index contributed by atoms with van der Waals surface area (Å²) in [6.07, 6.45) is 1.43. The molecule has 1 fully saturated rings. The van der Waals surface area contributed by atoms with Crippen molar-refractivity contribution in [1.29, 1.82) is 0 Å². The number of fused-ring (bicyclic) bond motifs is 1. The predicted molar refractivity (Wildman–Crippen MR) is 98.9 cm³/mol. The number of H-pyrrole nitrogens is 2. The second kappa shape index (κ2) is 6.64. The van der Waals surface area contributed by atoms with E-state index in [0.29, 0.717) is 30.0 Å². The number of nitrogens with zero attached hydrogens (tertiary/aromatic N) is 2. The first-order valence-electron chi connectivity index (χ1n) is 8.43. The molecule has 8 heteroatoms. The zero-order chi connectivity index (χ0) is 18.1. The normalized spacial score (nSPS) is 14.6. The fraction of sp³-hybridized carbons (Fsp3) is 0.278. The fourth-order valence-corrected chi connectivity index (χ4v) is 3.02. The summed E-state index contributed by atoms with van der Waals surface area (Å²) in [5.74, 6) is 0.536.